The van der Waals surface area contributed by atoms with Crippen LogP contribution >= 0.6 is 11.8 Å². The zero-order valence-corrected chi connectivity index (χ0v) is 13.3. The molecule has 0 unspecified atom stereocenters. The topological polar surface area (TPSA) is 44.4 Å². The number of amides is 2. The second kappa shape index (κ2) is 6.71. The maximum absolute atomic E-state index is 12.0. The lowest BCUT2D eigenvalue weighted by atomic mass is 10.1. The van der Waals surface area contributed by atoms with Crippen molar-refractivity contribution in [2.45, 2.75) is 42.7 Å². The predicted octanol–water partition coefficient (Wildman–Crippen LogP) is 3.16. The molecule has 1 saturated heterocycles. The van der Waals surface area contributed by atoms with Gasteiger partial charge >= 0.3 is 6.03 Å². The fourth-order valence-electron chi connectivity index (χ4n) is 2.88. The van der Waals surface area contributed by atoms with Gasteiger partial charge in [-0.2, -0.15) is 0 Å². The van der Waals surface area contributed by atoms with Gasteiger partial charge in [0.05, 0.1) is 0 Å². The number of nitrogens with zero attached hydrogens (tertiary/aromatic N) is 1. The van der Waals surface area contributed by atoms with E-state index in [1.807, 2.05) is 30.5 Å². The average Bonchev–Trinajstić information content (AvgIpc) is 3.33. The second-order valence-corrected chi connectivity index (χ2v) is 6.75. The minimum Gasteiger partial charge on any atom is -0.335 e. The van der Waals surface area contributed by atoms with Crippen LogP contribution in [0.4, 0.5) is 10.5 Å². The summed E-state index contributed by atoms with van der Waals surface area (Å²) in [5.74, 6) is 0. The first-order valence-electron chi connectivity index (χ1n) is 7.70. The summed E-state index contributed by atoms with van der Waals surface area (Å²) in [5.41, 5.74) is 0.848. The molecule has 1 saturated carbocycles. The van der Waals surface area contributed by atoms with Crippen LogP contribution in [0.1, 0.15) is 25.7 Å². The Bertz CT molecular complexity index is 479. The molecular weight excluding hydrogens is 282 g/mol. The Morgan fingerprint density at radius 2 is 1.81 bits per heavy atom. The van der Waals surface area contributed by atoms with E-state index in [2.05, 4.69) is 15.5 Å². The minimum atomic E-state index is -0.0863. The van der Waals surface area contributed by atoms with Crippen molar-refractivity contribution >= 4 is 23.5 Å². The Morgan fingerprint density at radius 3 is 2.38 bits per heavy atom. The average molecular weight is 305 g/mol. The fourth-order valence-corrected chi connectivity index (χ4v) is 3.28. The van der Waals surface area contributed by atoms with E-state index in [-0.39, 0.29) is 6.03 Å². The molecule has 1 aliphatic heterocycles. The molecule has 2 amide bonds. The van der Waals surface area contributed by atoms with Crippen LogP contribution in [-0.4, -0.2) is 42.4 Å². The number of nitrogens with one attached hydrogen (secondary N) is 2. The molecule has 2 N–H and O–H groups in total. The van der Waals surface area contributed by atoms with E-state index in [0.717, 1.165) is 37.7 Å². The Morgan fingerprint density at radius 1 is 1.14 bits per heavy atom. The summed E-state index contributed by atoms with van der Waals surface area (Å²) in [6.45, 7) is 2.25. The van der Waals surface area contributed by atoms with Crippen molar-refractivity contribution in [1.29, 1.82) is 0 Å². The summed E-state index contributed by atoms with van der Waals surface area (Å²) < 4.78 is 0. The molecule has 114 valence electrons. The Kier molecular flexibility index (Phi) is 4.70. The number of carbonyl (C=O) groups excluding carboxylic acids is 1. The van der Waals surface area contributed by atoms with Gasteiger partial charge in [-0.15, -0.1) is 11.8 Å². The van der Waals surface area contributed by atoms with Crippen LogP contribution < -0.4 is 10.6 Å². The van der Waals surface area contributed by atoms with Gasteiger partial charge in [0.2, 0.25) is 0 Å². The highest BCUT2D eigenvalue weighted by Gasteiger charge is 2.32. The van der Waals surface area contributed by atoms with Gasteiger partial charge in [-0.05, 0) is 56.2 Å². The summed E-state index contributed by atoms with van der Waals surface area (Å²) in [6.07, 6.45) is 6.91. The van der Waals surface area contributed by atoms with Crippen molar-refractivity contribution < 1.29 is 4.79 Å². The summed E-state index contributed by atoms with van der Waals surface area (Å²) in [4.78, 5) is 15.8. The second-order valence-electron chi connectivity index (χ2n) is 5.87. The number of likely N-dealkylation sites (tertiary alicyclic amines) is 1. The van der Waals surface area contributed by atoms with E-state index < -0.39 is 0 Å². The number of anilines is 1. The van der Waals surface area contributed by atoms with Crippen molar-refractivity contribution in [3.63, 3.8) is 0 Å². The van der Waals surface area contributed by atoms with Gasteiger partial charge in [-0.3, -0.25) is 0 Å². The zero-order chi connectivity index (χ0) is 14.7. The van der Waals surface area contributed by atoms with E-state index >= 15 is 0 Å². The van der Waals surface area contributed by atoms with Crippen LogP contribution in [-0.2, 0) is 0 Å². The quantitative estimate of drug-likeness (QED) is 0.840. The molecule has 2 aliphatic rings. The van der Waals surface area contributed by atoms with Gasteiger partial charge in [0.15, 0.2) is 0 Å². The fraction of sp³-hybridized carbons (Fsp3) is 0.562. The molecule has 1 aromatic carbocycles. The van der Waals surface area contributed by atoms with Crippen LogP contribution in [0.2, 0.25) is 0 Å². The van der Waals surface area contributed by atoms with E-state index in [4.69, 9.17) is 0 Å². The van der Waals surface area contributed by atoms with E-state index in [1.54, 1.807) is 11.8 Å². The third-order valence-electron chi connectivity index (χ3n) is 4.28. The first-order chi connectivity index (χ1) is 10.2. The number of urea groups is 1. The van der Waals surface area contributed by atoms with Crippen LogP contribution in [0.15, 0.2) is 29.2 Å². The summed E-state index contributed by atoms with van der Waals surface area (Å²) in [6, 6.07) is 9.00. The smallest absolute Gasteiger partial charge is 0.319 e. The Hall–Kier alpha value is -1.20. The lowest BCUT2D eigenvalue weighted by Crippen LogP contribution is -2.46. The van der Waals surface area contributed by atoms with Crippen LogP contribution in [0.3, 0.4) is 0 Å². The maximum Gasteiger partial charge on any atom is 0.319 e. The summed E-state index contributed by atoms with van der Waals surface area (Å²) in [7, 11) is 0. The molecule has 0 aromatic heterocycles. The molecule has 0 bridgehead atoms. The molecule has 2 fully saturated rings. The first-order valence-corrected chi connectivity index (χ1v) is 8.92. The molecule has 0 radical (unpaired) electrons. The van der Waals surface area contributed by atoms with E-state index in [1.165, 1.54) is 17.7 Å². The highest BCUT2D eigenvalue weighted by molar-refractivity contribution is 7.98. The number of piperidine rings is 1. The molecule has 21 heavy (non-hydrogen) atoms. The molecule has 1 aromatic rings. The zero-order valence-electron chi connectivity index (χ0n) is 12.5. The van der Waals surface area contributed by atoms with E-state index in [0.29, 0.717) is 6.04 Å². The standard InChI is InChI=1S/C16H23N3OS/c1-21-15-6-2-12(3-7-15)17-16(20)18-13-8-10-19(11-9-13)14-4-5-14/h2-3,6-7,13-14H,4-5,8-11H2,1H3,(H2,17,18,20). The number of benzene rings is 1. The van der Waals surface area contributed by atoms with Crippen molar-refractivity contribution in [1.82, 2.24) is 10.2 Å². The summed E-state index contributed by atoms with van der Waals surface area (Å²) in [5, 5.41) is 6.01. The summed E-state index contributed by atoms with van der Waals surface area (Å²) >= 11 is 1.70. The highest BCUT2D eigenvalue weighted by Crippen LogP contribution is 2.29. The molecule has 4 nitrogen and oxygen atoms in total. The van der Waals surface area contributed by atoms with E-state index in [9.17, 15) is 4.79 Å². The lowest BCUT2D eigenvalue weighted by Gasteiger charge is -2.32. The number of hydrogen-bond acceptors (Lipinski definition) is 3. The SMILES string of the molecule is CSc1ccc(NC(=O)NC2CCN(C3CC3)CC2)cc1. The molecule has 0 spiro atoms. The van der Waals surface area contributed by atoms with Crippen molar-refractivity contribution in [2.24, 2.45) is 0 Å². The van der Waals surface area contributed by atoms with Gasteiger partial charge in [0, 0.05) is 35.8 Å². The molecule has 1 aliphatic carbocycles. The highest BCUT2D eigenvalue weighted by atomic mass is 32.2. The van der Waals surface area contributed by atoms with Crippen LogP contribution in [0.25, 0.3) is 0 Å². The predicted molar refractivity (Wildman–Crippen MR) is 88.0 cm³/mol. The molecule has 1 heterocycles. The maximum atomic E-state index is 12.0. The van der Waals surface area contributed by atoms with Crippen LogP contribution in [0, 0.1) is 0 Å². The van der Waals surface area contributed by atoms with Crippen molar-refractivity contribution in [3.8, 4) is 0 Å². The van der Waals surface area contributed by atoms with Crippen molar-refractivity contribution in [2.75, 3.05) is 24.7 Å². The first kappa shape index (κ1) is 14.7. The number of rotatable bonds is 4. The van der Waals surface area contributed by atoms with Gasteiger partial charge in [0.25, 0.3) is 0 Å². The molecule has 3 rings (SSSR count). The number of thioether (sulfide) groups is 1. The van der Waals surface area contributed by atoms with Gasteiger partial charge in [0.1, 0.15) is 0 Å². The van der Waals surface area contributed by atoms with Gasteiger partial charge < -0.3 is 15.5 Å². The largest absolute Gasteiger partial charge is 0.335 e. The third-order valence-corrected chi connectivity index (χ3v) is 5.02. The Labute approximate surface area is 130 Å². The third kappa shape index (κ3) is 4.14. The number of hydrogen-bond donors (Lipinski definition) is 2. The minimum absolute atomic E-state index is 0.0863. The Balaban J connectivity index is 1.43. The van der Waals surface area contributed by atoms with Gasteiger partial charge in [-0.25, -0.2) is 4.79 Å². The monoisotopic (exact) mass is 305 g/mol. The molecule has 0 atom stereocenters. The van der Waals surface area contributed by atoms with Crippen molar-refractivity contribution in [3.05, 3.63) is 24.3 Å². The lowest BCUT2D eigenvalue weighted by molar-refractivity contribution is 0.189. The molecular formula is C16H23N3OS. The van der Waals surface area contributed by atoms with Crippen LogP contribution in [0.5, 0.6) is 0 Å². The number of carbonyl (C=O) groups is 1. The molecule has 5 heteroatoms. The van der Waals surface area contributed by atoms with Gasteiger partial charge in [-0.1, -0.05) is 0 Å². The normalized spacial score (nSPS) is 20.2.